The SMILES string of the molecule is CC(C)c1nc(-c2ccccn2)nc(N)c1I. The molecule has 2 N–H and O–H groups in total. The second-order valence-corrected chi connectivity index (χ2v) is 5.08. The third-order valence-electron chi connectivity index (χ3n) is 2.34. The third kappa shape index (κ3) is 2.54. The first kappa shape index (κ1) is 12.2. The monoisotopic (exact) mass is 340 g/mol. The molecule has 2 heterocycles. The molecule has 0 saturated carbocycles. The van der Waals surface area contributed by atoms with E-state index in [1.54, 1.807) is 6.20 Å². The third-order valence-corrected chi connectivity index (χ3v) is 3.45. The Morgan fingerprint density at radius 3 is 2.59 bits per heavy atom. The molecule has 5 heteroatoms. The highest BCUT2D eigenvalue weighted by Gasteiger charge is 2.14. The number of halogens is 1. The van der Waals surface area contributed by atoms with Gasteiger partial charge < -0.3 is 5.73 Å². The van der Waals surface area contributed by atoms with Crippen LogP contribution >= 0.6 is 22.6 Å². The normalized spacial score (nSPS) is 10.8. The Morgan fingerprint density at radius 2 is 2.00 bits per heavy atom. The van der Waals surface area contributed by atoms with E-state index in [1.807, 2.05) is 18.2 Å². The minimum atomic E-state index is 0.315. The molecule has 2 aromatic heterocycles. The zero-order valence-electron chi connectivity index (χ0n) is 9.68. The molecule has 0 aliphatic heterocycles. The van der Waals surface area contributed by atoms with Crippen LogP contribution < -0.4 is 5.73 Å². The van der Waals surface area contributed by atoms with Crippen LogP contribution in [0.15, 0.2) is 24.4 Å². The van der Waals surface area contributed by atoms with Gasteiger partial charge in [-0.15, -0.1) is 0 Å². The quantitative estimate of drug-likeness (QED) is 0.854. The maximum absolute atomic E-state index is 5.91. The van der Waals surface area contributed by atoms with E-state index in [2.05, 4.69) is 51.4 Å². The average Bonchev–Trinajstić information content (AvgIpc) is 2.33. The minimum Gasteiger partial charge on any atom is -0.383 e. The summed E-state index contributed by atoms with van der Waals surface area (Å²) < 4.78 is 0.928. The molecule has 2 rings (SSSR count). The van der Waals surface area contributed by atoms with Gasteiger partial charge in [0.15, 0.2) is 5.82 Å². The Bertz CT molecular complexity index is 526. The summed E-state index contributed by atoms with van der Waals surface area (Å²) in [6.45, 7) is 4.18. The van der Waals surface area contributed by atoms with Crippen LogP contribution in [0.5, 0.6) is 0 Å². The second kappa shape index (κ2) is 4.95. The summed E-state index contributed by atoms with van der Waals surface area (Å²) in [5, 5.41) is 0. The van der Waals surface area contributed by atoms with Crippen LogP contribution in [0.25, 0.3) is 11.5 Å². The van der Waals surface area contributed by atoms with Crippen molar-refractivity contribution in [2.24, 2.45) is 0 Å². The van der Waals surface area contributed by atoms with Crippen molar-refractivity contribution in [3.05, 3.63) is 33.7 Å². The molecule has 0 spiro atoms. The molecule has 0 amide bonds. The van der Waals surface area contributed by atoms with Gasteiger partial charge in [-0.1, -0.05) is 19.9 Å². The van der Waals surface area contributed by atoms with Gasteiger partial charge in [0, 0.05) is 6.20 Å². The molecule has 0 unspecified atom stereocenters. The molecular formula is C12H13IN4. The first-order chi connectivity index (χ1) is 8.09. The molecule has 0 aliphatic carbocycles. The lowest BCUT2D eigenvalue weighted by Gasteiger charge is -2.11. The van der Waals surface area contributed by atoms with Gasteiger partial charge in [0.2, 0.25) is 0 Å². The van der Waals surface area contributed by atoms with E-state index >= 15 is 0 Å². The van der Waals surface area contributed by atoms with Gasteiger partial charge in [0.05, 0.1) is 9.26 Å². The predicted octanol–water partition coefficient (Wildman–Crippen LogP) is 2.85. The van der Waals surface area contributed by atoms with Crippen LogP contribution in [0.3, 0.4) is 0 Å². The number of anilines is 1. The highest BCUT2D eigenvalue weighted by atomic mass is 127. The zero-order valence-corrected chi connectivity index (χ0v) is 11.8. The Hall–Kier alpha value is -1.24. The van der Waals surface area contributed by atoms with E-state index in [0.29, 0.717) is 17.6 Å². The molecule has 88 valence electrons. The lowest BCUT2D eigenvalue weighted by atomic mass is 10.1. The van der Waals surface area contributed by atoms with Gasteiger partial charge in [0.25, 0.3) is 0 Å². The maximum Gasteiger partial charge on any atom is 0.180 e. The fraction of sp³-hybridized carbons (Fsp3) is 0.250. The van der Waals surface area contributed by atoms with Gasteiger partial charge in [-0.3, -0.25) is 4.98 Å². The zero-order chi connectivity index (χ0) is 12.4. The van der Waals surface area contributed by atoms with Gasteiger partial charge >= 0.3 is 0 Å². The van der Waals surface area contributed by atoms with Crippen LogP contribution in [-0.2, 0) is 0 Å². The van der Waals surface area contributed by atoms with Gasteiger partial charge in [-0.05, 0) is 40.6 Å². The van der Waals surface area contributed by atoms with E-state index in [-0.39, 0.29) is 0 Å². The van der Waals surface area contributed by atoms with Crippen molar-refractivity contribution < 1.29 is 0 Å². The maximum atomic E-state index is 5.91. The summed E-state index contributed by atoms with van der Waals surface area (Å²) in [4.78, 5) is 13.1. The number of nitrogens with two attached hydrogens (primary N) is 1. The Morgan fingerprint density at radius 1 is 1.24 bits per heavy atom. The van der Waals surface area contributed by atoms with Crippen LogP contribution in [-0.4, -0.2) is 15.0 Å². The van der Waals surface area contributed by atoms with Crippen LogP contribution in [0.2, 0.25) is 0 Å². The van der Waals surface area contributed by atoms with Gasteiger partial charge in [-0.2, -0.15) is 0 Å². The van der Waals surface area contributed by atoms with E-state index in [9.17, 15) is 0 Å². The smallest absolute Gasteiger partial charge is 0.180 e. The Labute approximate surface area is 114 Å². The first-order valence-corrected chi connectivity index (χ1v) is 6.41. The first-order valence-electron chi connectivity index (χ1n) is 5.34. The van der Waals surface area contributed by atoms with E-state index in [4.69, 9.17) is 5.73 Å². The largest absolute Gasteiger partial charge is 0.383 e. The number of rotatable bonds is 2. The molecule has 4 nitrogen and oxygen atoms in total. The number of hydrogen-bond acceptors (Lipinski definition) is 4. The van der Waals surface area contributed by atoms with Crippen LogP contribution in [0.4, 0.5) is 5.82 Å². The molecule has 17 heavy (non-hydrogen) atoms. The second-order valence-electron chi connectivity index (χ2n) is 4.00. The summed E-state index contributed by atoms with van der Waals surface area (Å²) in [6.07, 6.45) is 1.72. The van der Waals surface area contributed by atoms with Crippen molar-refractivity contribution in [3.8, 4) is 11.5 Å². The lowest BCUT2D eigenvalue weighted by molar-refractivity contribution is 0.809. The molecule has 0 fully saturated rings. The van der Waals surface area contributed by atoms with Crippen molar-refractivity contribution in [2.45, 2.75) is 19.8 Å². The molecule has 0 aliphatic rings. The number of pyridine rings is 1. The van der Waals surface area contributed by atoms with Crippen molar-refractivity contribution >= 4 is 28.4 Å². The molecular weight excluding hydrogens is 327 g/mol. The highest BCUT2D eigenvalue weighted by Crippen LogP contribution is 2.25. The molecule has 0 radical (unpaired) electrons. The van der Waals surface area contributed by atoms with Crippen molar-refractivity contribution in [3.63, 3.8) is 0 Å². The Kier molecular flexibility index (Phi) is 3.56. The number of nitrogens with zero attached hydrogens (tertiary/aromatic N) is 3. The van der Waals surface area contributed by atoms with E-state index in [0.717, 1.165) is 15.0 Å². The molecule has 0 atom stereocenters. The van der Waals surface area contributed by atoms with Crippen molar-refractivity contribution in [1.29, 1.82) is 0 Å². The van der Waals surface area contributed by atoms with Crippen molar-refractivity contribution in [2.75, 3.05) is 5.73 Å². The van der Waals surface area contributed by atoms with Crippen molar-refractivity contribution in [1.82, 2.24) is 15.0 Å². The van der Waals surface area contributed by atoms with Gasteiger partial charge in [0.1, 0.15) is 11.5 Å². The molecule has 2 aromatic rings. The number of aromatic nitrogens is 3. The standard InChI is InChI=1S/C12H13IN4/c1-7(2)10-9(13)11(14)17-12(16-10)8-5-3-4-6-15-8/h3-7H,1-2H3,(H2,14,16,17). The minimum absolute atomic E-state index is 0.315. The topological polar surface area (TPSA) is 64.7 Å². The van der Waals surface area contributed by atoms with Crippen LogP contribution in [0, 0.1) is 3.57 Å². The lowest BCUT2D eigenvalue weighted by Crippen LogP contribution is -2.06. The summed E-state index contributed by atoms with van der Waals surface area (Å²) in [6, 6.07) is 5.66. The summed E-state index contributed by atoms with van der Waals surface area (Å²) in [7, 11) is 0. The number of hydrogen-bond donors (Lipinski definition) is 1. The molecule has 0 bridgehead atoms. The molecule has 0 aromatic carbocycles. The Balaban J connectivity index is 2.57. The van der Waals surface area contributed by atoms with Crippen LogP contribution in [0.1, 0.15) is 25.5 Å². The fourth-order valence-corrected chi connectivity index (χ4v) is 2.34. The average molecular weight is 340 g/mol. The summed E-state index contributed by atoms with van der Waals surface area (Å²) in [5.41, 5.74) is 7.63. The fourth-order valence-electron chi connectivity index (χ4n) is 1.47. The predicted molar refractivity (Wildman–Crippen MR) is 76.5 cm³/mol. The van der Waals surface area contributed by atoms with Gasteiger partial charge in [-0.25, -0.2) is 9.97 Å². The number of nitrogen functional groups attached to an aromatic ring is 1. The highest BCUT2D eigenvalue weighted by molar-refractivity contribution is 14.1. The summed E-state index contributed by atoms with van der Waals surface area (Å²) >= 11 is 2.19. The molecule has 0 saturated heterocycles. The van der Waals surface area contributed by atoms with E-state index in [1.165, 1.54) is 0 Å². The van der Waals surface area contributed by atoms with E-state index < -0.39 is 0 Å². The summed E-state index contributed by atoms with van der Waals surface area (Å²) in [5.74, 6) is 1.42.